The summed E-state index contributed by atoms with van der Waals surface area (Å²) >= 11 is 3.28. The van der Waals surface area contributed by atoms with Crippen molar-refractivity contribution in [2.24, 2.45) is 0 Å². The molecule has 0 N–H and O–H groups in total. The fraction of sp³-hybridized carbons (Fsp3) is 0.409. The van der Waals surface area contributed by atoms with Crippen molar-refractivity contribution in [1.29, 1.82) is 0 Å². The highest BCUT2D eigenvalue weighted by Gasteiger charge is 2.23. The number of ketones is 2. The summed E-state index contributed by atoms with van der Waals surface area (Å²) in [6, 6.07) is 23.0. The summed E-state index contributed by atoms with van der Waals surface area (Å²) in [5.74, 6) is 0.547. The van der Waals surface area contributed by atoms with Crippen molar-refractivity contribution in [1.82, 2.24) is 10.3 Å². The molecule has 0 fully saturated rings. The minimum Gasteiger partial charge on any atom is -1.00 e. The number of Topliss-reactive ketones (excluding diaryl/α,β-unsaturated/α-hetero) is 2. The standard InChI is InChI=1S/2C22H27N2O2S.BrH.ClH/c2*1-2-3-4-5-6-10-13-19-16-27-17-24(19)15-21(25)22-14-20(23-26-22)18-11-8-7-9-12-18;;/h2*7-9,11-12,14,16-17H,2-6,10,13,15H2,1H3;2*1H/q2*+1;;/p-2. The van der Waals surface area contributed by atoms with E-state index in [0.717, 1.165) is 24.0 Å². The van der Waals surface area contributed by atoms with Crippen molar-refractivity contribution in [2.75, 3.05) is 0 Å². The Hall–Kier alpha value is -3.77. The van der Waals surface area contributed by atoms with Crippen molar-refractivity contribution >= 4 is 34.2 Å². The Kier molecular flexibility index (Phi) is 21.8. The first kappa shape index (κ1) is 46.6. The van der Waals surface area contributed by atoms with E-state index in [2.05, 4.69) is 34.9 Å². The number of rotatable bonds is 22. The summed E-state index contributed by atoms with van der Waals surface area (Å²) in [5.41, 5.74) is 9.78. The summed E-state index contributed by atoms with van der Waals surface area (Å²) in [6.45, 7) is 5.08. The van der Waals surface area contributed by atoms with Gasteiger partial charge >= 0.3 is 0 Å². The van der Waals surface area contributed by atoms with E-state index in [1.807, 2.05) is 80.8 Å². The Morgan fingerprint density at radius 2 is 0.946 bits per heavy atom. The first-order chi connectivity index (χ1) is 26.6. The van der Waals surface area contributed by atoms with Gasteiger partial charge in [-0.15, -0.1) is 0 Å². The SMILES string of the molecule is CCCCCCCCc1csc[n+]1CC(=O)c1cc(-c2ccccc2)no1.CCCCCCCCc1csc[n+]1CC(=O)c1cc(-c2ccccc2)no1.[Br-].[Cl-]. The number of hydrogen-bond acceptors (Lipinski definition) is 8. The van der Waals surface area contributed by atoms with Crippen LogP contribution in [0.3, 0.4) is 0 Å². The van der Waals surface area contributed by atoms with Crippen LogP contribution in [0.5, 0.6) is 0 Å². The number of nitrogens with zero attached hydrogens (tertiary/aromatic N) is 4. The van der Waals surface area contributed by atoms with Gasteiger partial charge in [-0.2, -0.15) is 9.13 Å². The van der Waals surface area contributed by atoms with Crippen LogP contribution in [0, 0.1) is 0 Å². The highest BCUT2D eigenvalue weighted by molar-refractivity contribution is 7.07. The van der Waals surface area contributed by atoms with Crippen LogP contribution in [0.25, 0.3) is 22.5 Å². The molecule has 0 aliphatic rings. The Labute approximate surface area is 356 Å². The molecule has 0 aliphatic heterocycles. The zero-order chi connectivity index (χ0) is 37.8. The van der Waals surface area contributed by atoms with Gasteiger partial charge in [-0.05, 0) is 12.8 Å². The summed E-state index contributed by atoms with van der Waals surface area (Å²) in [7, 11) is 0. The van der Waals surface area contributed by atoms with E-state index in [-0.39, 0.29) is 41.0 Å². The number of unbranched alkanes of at least 4 members (excludes halogenated alkanes) is 10. The number of benzene rings is 2. The number of aryl methyl sites for hydroxylation is 2. The van der Waals surface area contributed by atoms with Gasteiger partial charge in [0.25, 0.3) is 11.6 Å². The van der Waals surface area contributed by atoms with Gasteiger partial charge in [-0.25, -0.2) is 0 Å². The highest BCUT2D eigenvalue weighted by Crippen LogP contribution is 2.20. The fourth-order valence-electron chi connectivity index (χ4n) is 6.26. The van der Waals surface area contributed by atoms with Crippen molar-refractivity contribution in [3.8, 4) is 22.5 Å². The number of halogens is 2. The van der Waals surface area contributed by atoms with Gasteiger partial charge in [-0.1, -0.05) is 172 Å². The lowest BCUT2D eigenvalue weighted by atomic mass is 10.1. The van der Waals surface area contributed by atoms with Crippen molar-refractivity contribution < 1.29 is 57.2 Å². The van der Waals surface area contributed by atoms with E-state index in [4.69, 9.17) is 9.05 Å². The molecule has 0 bridgehead atoms. The van der Waals surface area contributed by atoms with E-state index < -0.39 is 0 Å². The maximum atomic E-state index is 12.6. The molecule has 4 aromatic heterocycles. The average molecular weight is 882 g/mol. The molecule has 0 radical (unpaired) electrons. The Balaban J connectivity index is 0.000000290. The van der Waals surface area contributed by atoms with E-state index in [9.17, 15) is 9.59 Å². The maximum absolute atomic E-state index is 12.6. The minimum absolute atomic E-state index is 0. The molecule has 0 unspecified atom stereocenters. The van der Waals surface area contributed by atoms with Crippen LogP contribution in [-0.2, 0) is 25.9 Å². The molecular weight excluding hydrogens is 828 g/mol. The third kappa shape index (κ3) is 15.0. The fourth-order valence-corrected chi connectivity index (χ4v) is 7.92. The van der Waals surface area contributed by atoms with Crippen LogP contribution >= 0.6 is 22.7 Å². The predicted octanol–water partition coefficient (Wildman–Crippen LogP) is 4.96. The van der Waals surface area contributed by atoms with Gasteiger partial charge in [0, 0.05) is 36.1 Å². The molecule has 0 aliphatic carbocycles. The normalized spacial score (nSPS) is 10.6. The van der Waals surface area contributed by atoms with E-state index in [0.29, 0.717) is 36.0 Å². The smallest absolute Gasteiger partial charge is 0.265 e. The Morgan fingerprint density at radius 3 is 1.34 bits per heavy atom. The summed E-state index contributed by atoms with van der Waals surface area (Å²) in [6.07, 6.45) is 17.4. The van der Waals surface area contributed by atoms with Crippen LogP contribution in [0.1, 0.15) is 123 Å². The molecular formula is C44H54BrClN4O4S2. The first-order valence-electron chi connectivity index (χ1n) is 19.5. The quantitative estimate of drug-likeness (QED) is 0.0545. The summed E-state index contributed by atoms with van der Waals surface area (Å²) in [4.78, 5) is 25.2. The van der Waals surface area contributed by atoms with E-state index in [1.54, 1.807) is 34.8 Å². The zero-order valence-corrected chi connectivity index (χ0v) is 36.5. The van der Waals surface area contributed by atoms with Crippen molar-refractivity contribution in [3.05, 3.63) is 117 Å². The third-order valence-corrected chi connectivity index (χ3v) is 11.0. The molecule has 300 valence electrons. The average Bonchev–Trinajstić information content (AvgIpc) is 4.04. The van der Waals surface area contributed by atoms with Gasteiger partial charge in [0.1, 0.15) is 11.4 Å². The molecule has 2 aromatic carbocycles. The largest absolute Gasteiger partial charge is 1.00 e. The molecule has 8 nitrogen and oxygen atoms in total. The monoisotopic (exact) mass is 880 g/mol. The molecule has 56 heavy (non-hydrogen) atoms. The predicted molar refractivity (Wildman–Crippen MR) is 216 cm³/mol. The van der Waals surface area contributed by atoms with Gasteiger partial charge in [0.2, 0.25) is 35.6 Å². The zero-order valence-electron chi connectivity index (χ0n) is 32.5. The third-order valence-electron chi connectivity index (χ3n) is 9.43. The molecule has 6 rings (SSSR count). The lowest BCUT2D eigenvalue weighted by Crippen LogP contribution is -3.00. The van der Waals surface area contributed by atoms with Crippen molar-refractivity contribution in [3.63, 3.8) is 0 Å². The second kappa shape index (κ2) is 26.2. The number of hydrogen-bond donors (Lipinski definition) is 0. The molecule has 0 saturated heterocycles. The number of aromatic nitrogens is 4. The molecule has 6 aromatic rings. The summed E-state index contributed by atoms with van der Waals surface area (Å²) < 4.78 is 14.7. The number of carbonyl (C=O) groups is 2. The molecule has 0 saturated carbocycles. The Bertz CT molecular complexity index is 1830. The van der Waals surface area contributed by atoms with Crippen LogP contribution in [0.4, 0.5) is 0 Å². The second-order valence-electron chi connectivity index (χ2n) is 13.7. The molecule has 12 heteroatoms. The second-order valence-corrected chi connectivity index (χ2v) is 15.2. The van der Waals surface area contributed by atoms with Crippen LogP contribution in [0.15, 0.2) is 104 Å². The van der Waals surface area contributed by atoms with Gasteiger partial charge in [0.15, 0.2) is 11.4 Å². The molecule has 4 heterocycles. The van der Waals surface area contributed by atoms with Crippen LogP contribution in [-0.4, -0.2) is 21.9 Å². The number of carbonyl (C=O) groups excluding carboxylic acids is 2. The van der Waals surface area contributed by atoms with Gasteiger partial charge in [0.05, 0.1) is 10.8 Å². The van der Waals surface area contributed by atoms with Crippen LogP contribution < -0.4 is 38.5 Å². The topological polar surface area (TPSA) is 94.0 Å². The van der Waals surface area contributed by atoms with Crippen LogP contribution in [0.2, 0.25) is 0 Å². The molecule has 0 spiro atoms. The summed E-state index contributed by atoms with van der Waals surface area (Å²) in [5, 5.41) is 12.4. The van der Waals surface area contributed by atoms with E-state index in [1.165, 1.54) is 88.4 Å². The van der Waals surface area contributed by atoms with Gasteiger partial charge < -0.3 is 38.4 Å². The van der Waals surface area contributed by atoms with Crippen molar-refractivity contribution in [2.45, 2.75) is 117 Å². The molecule has 0 amide bonds. The first-order valence-corrected chi connectivity index (χ1v) is 21.4. The molecule has 0 atom stereocenters. The number of thiazole rings is 2. The van der Waals surface area contributed by atoms with Gasteiger partial charge in [-0.3, -0.25) is 9.59 Å². The maximum Gasteiger partial charge on any atom is 0.265 e. The lowest BCUT2D eigenvalue weighted by Gasteiger charge is -1.99. The van der Waals surface area contributed by atoms with E-state index >= 15 is 0 Å². The Morgan fingerprint density at radius 1 is 0.571 bits per heavy atom. The minimum atomic E-state index is -0.0442. The highest BCUT2D eigenvalue weighted by atomic mass is 79.9. The lowest BCUT2D eigenvalue weighted by molar-refractivity contribution is -0.685.